The standard InChI is InChI=1S/C10H7F4NO5/c1-4(16)5-2-7(19-9(11)12)8(20-10(13)14)3-6(5)15(17)18/h2-3,9-10H,1H3. The lowest BCUT2D eigenvalue weighted by molar-refractivity contribution is -0.385. The van der Waals surface area contributed by atoms with Gasteiger partial charge in [-0.2, -0.15) is 17.6 Å². The average Bonchev–Trinajstić information content (AvgIpc) is 2.28. The van der Waals surface area contributed by atoms with E-state index in [1.165, 1.54) is 0 Å². The summed E-state index contributed by atoms with van der Waals surface area (Å²) in [6, 6.07) is 0.991. The molecule has 0 amide bonds. The van der Waals surface area contributed by atoms with Crippen LogP contribution >= 0.6 is 0 Å². The number of hydrogen-bond donors (Lipinski definition) is 0. The van der Waals surface area contributed by atoms with Crippen molar-refractivity contribution in [2.24, 2.45) is 0 Å². The van der Waals surface area contributed by atoms with Crippen LogP contribution in [-0.2, 0) is 0 Å². The third kappa shape index (κ3) is 3.80. The Hall–Kier alpha value is -2.39. The monoisotopic (exact) mass is 297 g/mol. The largest absolute Gasteiger partial charge is 0.431 e. The van der Waals surface area contributed by atoms with E-state index < -0.39 is 46.7 Å². The number of carbonyl (C=O) groups is 1. The fourth-order valence-electron chi connectivity index (χ4n) is 1.36. The Morgan fingerprint density at radius 1 is 1.15 bits per heavy atom. The van der Waals surface area contributed by atoms with Gasteiger partial charge in [-0.05, 0) is 6.92 Å². The summed E-state index contributed by atoms with van der Waals surface area (Å²) in [5.41, 5.74) is -1.41. The van der Waals surface area contributed by atoms with Crippen molar-refractivity contribution in [3.8, 4) is 11.5 Å². The lowest BCUT2D eigenvalue weighted by Gasteiger charge is -2.12. The van der Waals surface area contributed by atoms with E-state index in [1.807, 2.05) is 0 Å². The van der Waals surface area contributed by atoms with Crippen LogP contribution in [0.5, 0.6) is 11.5 Å². The zero-order chi connectivity index (χ0) is 15.4. The van der Waals surface area contributed by atoms with E-state index in [4.69, 9.17) is 0 Å². The summed E-state index contributed by atoms with van der Waals surface area (Å²) in [5, 5.41) is 10.7. The summed E-state index contributed by atoms with van der Waals surface area (Å²) in [7, 11) is 0. The molecule has 20 heavy (non-hydrogen) atoms. The molecule has 0 atom stereocenters. The zero-order valence-electron chi connectivity index (χ0n) is 9.81. The first-order valence-electron chi connectivity index (χ1n) is 4.95. The zero-order valence-corrected chi connectivity index (χ0v) is 9.81. The minimum Gasteiger partial charge on any atom is -0.431 e. The van der Waals surface area contributed by atoms with Gasteiger partial charge in [0.25, 0.3) is 5.69 Å². The maximum Gasteiger partial charge on any atom is 0.387 e. The summed E-state index contributed by atoms with van der Waals surface area (Å²) >= 11 is 0. The number of alkyl halides is 4. The van der Waals surface area contributed by atoms with Crippen LogP contribution in [0.3, 0.4) is 0 Å². The van der Waals surface area contributed by atoms with E-state index >= 15 is 0 Å². The van der Waals surface area contributed by atoms with Crippen molar-refractivity contribution in [3.63, 3.8) is 0 Å². The fraction of sp³-hybridized carbons (Fsp3) is 0.300. The van der Waals surface area contributed by atoms with Gasteiger partial charge in [-0.3, -0.25) is 14.9 Å². The third-order valence-corrected chi connectivity index (χ3v) is 2.07. The highest BCUT2D eigenvalue weighted by molar-refractivity contribution is 5.98. The normalized spacial score (nSPS) is 10.8. The number of hydrogen-bond acceptors (Lipinski definition) is 5. The number of ether oxygens (including phenoxy) is 2. The number of ketones is 1. The van der Waals surface area contributed by atoms with Crippen LogP contribution in [0.4, 0.5) is 23.2 Å². The molecule has 0 heterocycles. The van der Waals surface area contributed by atoms with E-state index in [9.17, 15) is 32.5 Å². The van der Waals surface area contributed by atoms with Crippen LogP contribution in [0.15, 0.2) is 12.1 Å². The first-order chi connectivity index (χ1) is 9.22. The second-order valence-electron chi connectivity index (χ2n) is 3.39. The number of nitro benzene ring substituents is 1. The third-order valence-electron chi connectivity index (χ3n) is 2.07. The van der Waals surface area contributed by atoms with Gasteiger partial charge in [0.15, 0.2) is 17.3 Å². The molecule has 0 bridgehead atoms. The van der Waals surface area contributed by atoms with Gasteiger partial charge >= 0.3 is 13.2 Å². The van der Waals surface area contributed by atoms with Crippen LogP contribution in [0.25, 0.3) is 0 Å². The summed E-state index contributed by atoms with van der Waals surface area (Å²) in [4.78, 5) is 20.9. The molecule has 0 aliphatic heterocycles. The van der Waals surface area contributed by atoms with Crippen molar-refractivity contribution in [2.75, 3.05) is 0 Å². The molecule has 1 aromatic carbocycles. The van der Waals surface area contributed by atoms with Crippen molar-refractivity contribution >= 4 is 11.5 Å². The van der Waals surface area contributed by atoms with Gasteiger partial charge in [-0.25, -0.2) is 0 Å². The van der Waals surface area contributed by atoms with Gasteiger partial charge in [0.2, 0.25) is 0 Å². The van der Waals surface area contributed by atoms with Gasteiger partial charge in [-0.15, -0.1) is 0 Å². The molecule has 0 saturated carbocycles. The van der Waals surface area contributed by atoms with Crippen molar-refractivity contribution < 1.29 is 36.8 Å². The molecular formula is C10H7F4NO5. The minimum absolute atomic E-state index is 0.431. The van der Waals surface area contributed by atoms with Crippen LogP contribution in [0.2, 0.25) is 0 Å². The number of nitrogens with zero attached hydrogens (tertiary/aromatic N) is 1. The number of benzene rings is 1. The molecule has 10 heteroatoms. The molecule has 0 spiro atoms. The second-order valence-corrected chi connectivity index (χ2v) is 3.39. The Balaban J connectivity index is 3.42. The lowest BCUT2D eigenvalue weighted by Crippen LogP contribution is -2.10. The second kappa shape index (κ2) is 6.17. The van der Waals surface area contributed by atoms with Gasteiger partial charge in [0, 0.05) is 6.07 Å². The minimum atomic E-state index is -3.40. The van der Waals surface area contributed by atoms with Gasteiger partial charge < -0.3 is 9.47 Å². The topological polar surface area (TPSA) is 78.7 Å². The Morgan fingerprint density at radius 2 is 1.60 bits per heavy atom. The molecule has 0 fully saturated rings. The predicted molar refractivity (Wildman–Crippen MR) is 56.4 cm³/mol. The molecule has 110 valence electrons. The Kier molecular flexibility index (Phi) is 4.83. The Morgan fingerprint density at radius 3 is 1.95 bits per heavy atom. The number of nitro groups is 1. The molecule has 6 nitrogen and oxygen atoms in total. The van der Waals surface area contributed by atoms with E-state index in [-0.39, 0.29) is 0 Å². The molecule has 0 aromatic heterocycles. The molecule has 1 aromatic rings. The molecule has 0 radical (unpaired) electrons. The quantitative estimate of drug-likeness (QED) is 0.349. The maximum absolute atomic E-state index is 12.1. The molecule has 0 unspecified atom stereocenters. The lowest BCUT2D eigenvalue weighted by atomic mass is 10.1. The number of carbonyl (C=O) groups excluding carboxylic acids is 1. The molecule has 0 N–H and O–H groups in total. The van der Waals surface area contributed by atoms with Crippen LogP contribution < -0.4 is 9.47 Å². The summed E-state index contributed by atoms with van der Waals surface area (Å²) in [6.45, 7) is -5.84. The first kappa shape index (κ1) is 15.7. The van der Waals surface area contributed by atoms with Crippen molar-refractivity contribution in [1.29, 1.82) is 0 Å². The van der Waals surface area contributed by atoms with Crippen molar-refractivity contribution in [2.45, 2.75) is 20.1 Å². The highest BCUT2D eigenvalue weighted by atomic mass is 19.3. The average molecular weight is 297 g/mol. The molecule has 0 aliphatic carbocycles. The van der Waals surface area contributed by atoms with Crippen LogP contribution in [0.1, 0.15) is 17.3 Å². The number of rotatable bonds is 6. The van der Waals surface area contributed by atoms with E-state index in [1.54, 1.807) is 0 Å². The van der Waals surface area contributed by atoms with Crippen LogP contribution in [0, 0.1) is 10.1 Å². The molecular weight excluding hydrogens is 290 g/mol. The number of Topliss-reactive ketones (excluding diaryl/α,β-unsaturated/α-hetero) is 1. The number of halogens is 4. The molecule has 0 saturated heterocycles. The van der Waals surface area contributed by atoms with Gasteiger partial charge in [0.1, 0.15) is 0 Å². The highest BCUT2D eigenvalue weighted by Crippen LogP contribution is 2.36. The maximum atomic E-state index is 12.1. The fourth-order valence-corrected chi connectivity index (χ4v) is 1.36. The first-order valence-corrected chi connectivity index (χ1v) is 4.95. The van der Waals surface area contributed by atoms with Gasteiger partial charge in [0.05, 0.1) is 16.6 Å². The highest BCUT2D eigenvalue weighted by Gasteiger charge is 2.25. The van der Waals surface area contributed by atoms with Crippen LogP contribution in [-0.4, -0.2) is 23.9 Å². The Bertz CT molecular complexity index is 488. The van der Waals surface area contributed by atoms with Crippen molar-refractivity contribution in [1.82, 2.24) is 0 Å². The Labute approximate surface area is 109 Å². The summed E-state index contributed by atoms with van der Waals surface area (Å²) < 4.78 is 56.3. The SMILES string of the molecule is CC(=O)c1cc(OC(F)F)c(OC(F)F)cc1[N+](=O)[O-]. The summed E-state index contributed by atoms with van der Waals surface area (Å²) in [5.74, 6) is -2.67. The predicted octanol–water partition coefficient (Wildman–Crippen LogP) is 3.00. The van der Waals surface area contributed by atoms with Gasteiger partial charge in [-0.1, -0.05) is 0 Å². The smallest absolute Gasteiger partial charge is 0.387 e. The summed E-state index contributed by atoms with van der Waals surface area (Å²) in [6.07, 6.45) is 0. The van der Waals surface area contributed by atoms with Crippen molar-refractivity contribution in [3.05, 3.63) is 27.8 Å². The van der Waals surface area contributed by atoms with E-state index in [0.29, 0.717) is 12.1 Å². The molecule has 0 aliphatic rings. The molecule has 1 rings (SSSR count). The van der Waals surface area contributed by atoms with E-state index in [2.05, 4.69) is 9.47 Å². The van der Waals surface area contributed by atoms with E-state index in [0.717, 1.165) is 6.92 Å².